The third-order valence-corrected chi connectivity index (χ3v) is 25.2. The smallest absolute Gasteiger partial charge is 0.164 e. The van der Waals surface area contributed by atoms with Crippen LogP contribution in [0.5, 0.6) is 0 Å². The maximum atomic E-state index is 5.20. The summed E-state index contributed by atoms with van der Waals surface area (Å²) in [5, 5.41) is 12.3. The molecule has 25 aromatic rings. The standard InChI is InChI=1S/C61H39N5.C58H38N4/c1-3-15-43(16-4-1)59-62-60(44-17-5-2-6-18-44)64-61(63-59)45-30-34-48(35-31-45)65-55-23-11-9-21-50(55)52-38-46(32-36-57(52)65)40-26-28-41(29-27-40)47-33-37-58-53(39-47)51-22-10-12-24-56(51)66(58)54-25-13-19-42-14-7-8-20-49(42)54;1-4-14-43(15-5-1)52-38-57(60-58(59-52)44-16-6-2-7-17-44)62-54-23-13-11-21-49(54)51-37-46(33-35-56(51)62)42-30-26-40(27-31-42)39-24-28-41(29-25-39)45-32-34-55-50(36-45)48-20-10-12-22-53(48)61(55)47-18-8-3-9-19-47/h1-39H;1-38H. The monoisotopic (exact) mass is 1630 g/mol. The van der Waals surface area contributed by atoms with Gasteiger partial charge in [0, 0.05) is 93.7 Å². The van der Waals surface area contributed by atoms with E-state index in [9.17, 15) is 0 Å². The number of nitrogens with zero attached hydrogens (tertiary/aromatic N) is 9. The number of rotatable bonds is 14. The highest BCUT2D eigenvalue weighted by atomic mass is 15.1. The minimum atomic E-state index is 0.636. The average molecular weight is 1630 g/mol. The van der Waals surface area contributed by atoms with Gasteiger partial charge in [0.15, 0.2) is 23.3 Å². The molecule has 0 aliphatic carbocycles. The number of benzene rings is 19. The normalized spacial score (nSPS) is 11.6. The van der Waals surface area contributed by atoms with Gasteiger partial charge in [0.25, 0.3) is 0 Å². The lowest BCUT2D eigenvalue weighted by Gasteiger charge is -2.12. The van der Waals surface area contributed by atoms with E-state index in [2.05, 4.69) is 400 Å². The van der Waals surface area contributed by atoms with Crippen molar-refractivity contribution in [2.45, 2.75) is 0 Å². The minimum absolute atomic E-state index is 0.636. The molecule has 19 aromatic carbocycles. The van der Waals surface area contributed by atoms with Gasteiger partial charge in [-0.05, 0) is 176 Å². The Balaban J connectivity index is 0.000000143. The molecule has 9 heteroatoms. The summed E-state index contributed by atoms with van der Waals surface area (Å²) in [5.74, 6) is 3.47. The van der Waals surface area contributed by atoms with E-state index in [-0.39, 0.29) is 0 Å². The Hall–Kier alpha value is -17.3. The Morgan fingerprint density at radius 2 is 0.406 bits per heavy atom. The fraction of sp³-hybridized carbons (Fsp3) is 0. The number of aromatic nitrogens is 9. The molecule has 6 heterocycles. The van der Waals surface area contributed by atoms with Crippen LogP contribution in [0.15, 0.2) is 467 Å². The number of fused-ring (bicyclic) bond motifs is 13. The zero-order chi connectivity index (χ0) is 84.5. The third-order valence-electron chi connectivity index (χ3n) is 25.2. The molecule has 0 fully saturated rings. The van der Waals surface area contributed by atoms with Gasteiger partial charge >= 0.3 is 0 Å². The Morgan fingerprint density at radius 1 is 0.141 bits per heavy atom. The van der Waals surface area contributed by atoms with Crippen LogP contribution in [0.4, 0.5) is 0 Å². The first-order valence-electron chi connectivity index (χ1n) is 43.4. The van der Waals surface area contributed by atoms with E-state index in [0.717, 1.165) is 67.1 Å². The highest BCUT2D eigenvalue weighted by molar-refractivity contribution is 6.15. The van der Waals surface area contributed by atoms with Crippen molar-refractivity contribution in [2.75, 3.05) is 0 Å². The first-order chi connectivity index (χ1) is 63.4. The van der Waals surface area contributed by atoms with Gasteiger partial charge in [-0.1, -0.05) is 346 Å². The number of hydrogen-bond acceptors (Lipinski definition) is 5. The molecule has 0 N–H and O–H groups in total. The second-order valence-electron chi connectivity index (χ2n) is 32.7. The molecule has 0 aliphatic rings. The predicted molar refractivity (Wildman–Crippen MR) is 531 cm³/mol. The van der Waals surface area contributed by atoms with Crippen LogP contribution in [0.3, 0.4) is 0 Å². The van der Waals surface area contributed by atoms with Crippen LogP contribution in [0.25, 0.3) is 233 Å². The fourth-order valence-corrected chi connectivity index (χ4v) is 18.9. The van der Waals surface area contributed by atoms with Crippen LogP contribution >= 0.6 is 0 Å². The summed E-state index contributed by atoms with van der Waals surface area (Å²) >= 11 is 0. The lowest BCUT2D eigenvalue weighted by Crippen LogP contribution is -2.02. The first kappa shape index (κ1) is 74.6. The summed E-state index contributed by atoms with van der Waals surface area (Å²) in [6.45, 7) is 0. The van der Waals surface area contributed by atoms with Crippen molar-refractivity contribution in [2.24, 2.45) is 0 Å². The van der Waals surface area contributed by atoms with Crippen molar-refractivity contribution < 1.29 is 0 Å². The number of para-hydroxylation sites is 5. The third kappa shape index (κ3) is 13.3. The van der Waals surface area contributed by atoms with E-state index in [1.165, 1.54) is 143 Å². The van der Waals surface area contributed by atoms with Crippen LogP contribution < -0.4 is 0 Å². The van der Waals surface area contributed by atoms with E-state index in [0.29, 0.717) is 23.3 Å². The number of hydrogen-bond donors (Lipinski definition) is 0. The van der Waals surface area contributed by atoms with E-state index in [1.54, 1.807) is 0 Å². The summed E-state index contributed by atoms with van der Waals surface area (Å²) < 4.78 is 9.42. The van der Waals surface area contributed by atoms with Crippen molar-refractivity contribution >= 4 is 98.0 Å². The molecule has 0 radical (unpaired) electrons. The largest absolute Gasteiger partial charge is 0.309 e. The molecule has 0 unspecified atom stereocenters. The van der Waals surface area contributed by atoms with Gasteiger partial charge in [-0.3, -0.25) is 4.57 Å². The van der Waals surface area contributed by atoms with E-state index >= 15 is 0 Å². The van der Waals surface area contributed by atoms with E-state index in [4.69, 9.17) is 24.9 Å². The van der Waals surface area contributed by atoms with Crippen LogP contribution in [-0.4, -0.2) is 43.2 Å². The van der Waals surface area contributed by atoms with E-state index in [1.807, 2.05) is 84.9 Å². The molecule has 0 bridgehead atoms. The van der Waals surface area contributed by atoms with Crippen molar-refractivity contribution in [1.29, 1.82) is 0 Å². The molecule has 9 nitrogen and oxygen atoms in total. The molecule has 0 saturated heterocycles. The predicted octanol–water partition coefficient (Wildman–Crippen LogP) is 30.6. The van der Waals surface area contributed by atoms with Gasteiger partial charge in [-0.2, -0.15) is 0 Å². The van der Waals surface area contributed by atoms with Crippen LogP contribution in [0.1, 0.15) is 0 Å². The zero-order valence-corrected chi connectivity index (χ0v) is 69.5. The zero-order valence-electron chi connectivity index (χ0n) is 69.5. The molecule has 0 saturated carbocycles. The first-order valence-corrected chi connectivity index (χ1v) is 43.4. The van der Waals surface area contributed by atoms with Gasteiger partial charge in [0.1, 0.15) is 5.82 Å². The maximum Gasteiger partial charge on any atom is 0.164 e. The molecule has 25 rings (SSSR count). The highest BCUT2D eigenvalue weighted by Gasteiger charge is 2.23. The van der Waals surface area contributed by atoms with Gasteiger partial charge in [0.2, 0.25) is 0 Å². The van der Waals surface area contributed by atoms with Crippen molar-refractivity contribution in [1.82, 2.24) is 43.2 Å². The molecule has 0 amide bonds. The van der Waals surface area contributed by atoms with Gasteiger partial charge in [0.05, 0.1) is 55.5 Å². The molecule has 0 atom stereocenters. The summed E-state index contributed by atoms with van der Waals surface area (Å²) in [5.41, 5.74) is 30.4. The van der Waals surface area contributed by atoms with Gasteiger partial charge < -0.3 is 13.7 Å². The topological polar surface area (TPSA) is 84.2 Å². The Kier molecular flexibility index (Phi) is 18.4. The summed E-state index contributed by atoms with van der Waals surface area (Å²) in [6.07, 6.45) is 0. The minimum Gasteiger partial charge on any atom is -0.309 e. The maximum absolute atomic E-state index is 5.20. The van der Waals surface area contributed by atoms with Crippen LogP contribution in [-0.2, 0) is 0 Å². The lowest BCUT2D eigenvalue weighted by molar-refractivity contribution is 1.05. The van der Waals surface area contributed by atoms with Crippen LogP contribution in [0.2, 0.25) is 0 Å². The molecule has 128 heavy (non-hydrogen) atoms. The highest BCUT2D eigenvalue weighted by Crippen LogP contribution is 2.44. The summed E-state index contributed by atoms with van der Waals surface area (Å²) in [6, 6.07) is 166. The Morgan fingerprint density at radius 3 is 0.812 bits per heavy atom. The SMILES string of the molecule is c1ccc(-c2cc(-n3c4ccccc4c4cc(-c5ccc(-c6ccc(-c7ccc8c(c7)c7ccccc7n8-c7ccccc7)cc6)cc5)ccc43)nc(-c3ccccc3)n2)cc1.c1ccc(-c2nc(-c3ccccc3)nc(-c3ccc(-n4c5ccccc5c5cc(-c6ccc(-c7ccc8c(c7)c7ccccc7n8-c7cccc8ccccc78)cc6)ccc54)cc3)n2)cc1. The van der Waals surface area contributed by atoms with E-state index < -0.39 is 0 Å². The Labute approximate surface area is 738 Å². The quantitative estimate of drug-likeness (QED) is 0.108. The van der Waals surface area contributed by atoms with Crippen molar-refractivity contribution in [3.05, 3.63) is 467 Å². The van der Waals surface area contributed by atoms with Crippen molar-refractivity contribution in [3.8, 4) is 135 Å². The van der Waals surface area contributed by atoms with Gasteiger partial charge in [-0.15, -0.1) is 0 Å². The molecule has 0 spiro atoms. The van der Waals surface area contributed by atoms with Crippen LogP contribution in [0, 0.1) is 0 Å². The lowest BCUT2D eigenvalue weighted by atomic mass is 9.97. The summed E-state index contributed by atoms with van der Waals surface area (Å²) in [4.78, 5) is 25.1. The van der Waals surface area contributed by atoms with Gasteiger partial charge in [-0.25, -0.2) is 24.9 Å². The molecule has 0 aliphatic heterocycles. The molecule has 598 valence electrons. The molecular weight excluding hydrogens is 1560 g/mol. The summed E-state index contributed by atoms with van der Waals surface area (Å²) in [7, 11) is 0. The molecular formula is C119H77N9. The second kappa shape index (κ2) is 31.6. The second-order valence-corrected chi connectivity index (χ2v) is 32.7. The molecule has 6 aromatic heterocycles. The van der Waals surface area contributed by atoms with Crippen molar-refractivity contribution in [3.63, 3.8) is 0 Å². The fourth-order valence-electron chi connectivity index (χ4n) is 18.9. The average Bonchev–Trinajstić information content (AvgIpc) is 1.62. The Bertz CT molecular complexity index is 8430.